The van der Waals surface area contributed by atoms with Gasteiger partial charge in [-0.25, -0.2) is 0 Å². The minimum atomic E-state index is -1.44. The number of nitrogens with zero attached hydrogens (tertiary/aromatic N) is 2. The SMILES string of the molecule is N#CC(C(=O)Nc1ccc(Cl)cc1)C(=O)c1cccn1Cc1ccccc1. The molecule has 1 atom stereocenters. The fraction of sp³-hybridized carbons (Fsp3) is 0.0952. The monoisotopic (exact) mass is 377 g/mol. The van der Waals surface area contributed by atoms with Gasteiger partial charge in [0.15, 0.2) is 5.92 Å². The highest BCUT2D eigenvalue weighted by molar-refractivity contribution is 6.30. The topological polar surface area (TPSA) is 74.9 Å². The molecule has 27 heavy (non-hydrogen) atoms. The first-order chi connectivity index (χ1) is 13.1. The number of carbonyl (C=O) groups excluding carboxylic acids is 2. The average Bonchev–Trinajstić information content (AvgIpc) is 3.13. The molecule has 0 aliphatic rings. The van der Waals surface area contributed by atoms with Crippen LogP contribution in [0.1, 0.15) is 16.1 Å². The largest absolute Gasteiger partial charge is 0.341 e. The first-order valence-electron chi connectivity index (χ1n) is 8.28. The second kappa shape index (κ2) is 8.35. The van der Waals surface area contributed by atoms with Crippen LogP contribution in [0.15, 0.2) is 72.9 Å². The lowest BCUT2D eigenvalue weighted by Gasteiger charge is -2.12. The summed E-state index contributed by atoms with van der Waals surface area (Å²) in [4.78, 5) is 25.2. The van der Waals surface area contributed by atoms with E-state index >= 15 is 0 Å². The summed E-state index contributed by atoms with van der Waals surface area (Å²) in [5, 5.41) is 12.5. The fourth-order valence-electron chi connectivity index (χ4n) is 2.69. The molecule has 0 radical (unpaired) electrons. The summed E-state index contributed by atoms with van der Waals surface area (Å²) in [6.07, 6.45) is 1.76. The number of rotatable bonds is 6. The lowest BCUT2D eigenvalue weighted by Crippen LogP contribution is -2.30. The lowest BCUT2D eigenvalue weighted by atomic mass is 10.0. The summed E-state index contributed by atoms with van der Waals surface area (Å²) in [5.41, 5.74) is 1.80. The van der Waals surface area contributed by atoms with Crippen LogP contribution in [0.25, 0.3) is 0 Å². The maximum atomic E-state index is 12.8. The molecular weight excluding hydrogens is 362 g/mol. The molecule has 0 aliphatic heterocycles. The maximum absolute atomic E-state index is 12.8. The van der Waals surface area contributed by atoms with Gasteiger partial charge in [-0.05, 0) is 42.0 Å². The Labute approximate surface area is 161 Å². The smallest absolute Gasteiger partial charge is 0.249 e. The van der Waals surface area contributed by atoms with Gasteiger partial charge < -0.3 is 9.88 Å². The third-order valence-electron chi connectivity index (χ3n) is 4.04. The molecule has 0 fully saturated rings. The number of Topliss-reactive ketones (excluding diaryl/α,β-unsaturated/α-hetero) is 1. The number of halogens is 1. The van der Waals surface area contributed by atoms with Gasteiger partial charge >= 0.3 is 0 Å². The third-order valence-corrected chi connectivity index (χ3v) is 4.29. The van der Waals surface area contributed by atoms with Crippen molar-refractivity contribution in [1.82, 2.24) is 4.57 Å². The van der Waals surface area contributed by atoms with Gasteiger partial charge in [0.05, 0.1) is 11.8 Å². The van der Waals surface area contributed by atoms with E-state index in [-0.39, 0.29) is 0 Å². The van der Waals surface area contributed by atoms with Gasteiger partial charge in [-0.15, -0.1) is 0 Å². The zero-order valence-electron chi connectivity index (χ0n) is 14.3. The van der Waals surface area contributed by atoms with Crippen molar-refractivity contribution >= 4 is 29.0 Å². The number of benzene rings is 2. The van der Waals surface area contributed by atoms with Gasteiger partial charge in [-0.2, -0.15) is 5.26 Å². The summed E-state index contributed by atoms with van der Waals surface area (Å²) >= 11 is 5.82. The van der Waals surface area contributed by atoms with E-state index in [0.29, 0.717) is 22.9 Å². The predicted molar refractivity (Wildman–Crippen MR) is 103 cm³/mol. The molecule has 1 N–H and O–H groups in total. The van der Waals surface area contributed by atoms with Crippen molar-refractivity contribution in [2.45, 2.75) is 6.54 Å². The molecule has 6 heteroatoms. The van der Waals surface area contributed by atoms with E-state index in [9.17, 15) is 14.9 Å². The van der Waals surface area contributed by atoms with Gasteiger partial charge in [0.1, 0.15) is 0 Å². The lowest BCUT2D eigenvalue weighted by molar-refractivity contribution is -0.117. The zero-order valence-corrected chi connectivity index (χ0v) is 15.1. The zero-order chi connectivity index (χ0) is 19.2. The Balaban J connectivity index is 1.77. The number of carbonyl (C=O) groups is 2. The molecule has 0 saturated carbocycles. The molecule has 5 nitrogen and oxygen atoms in total. The Bertz CT molecular complexity index is 988. The molecule has 1 amide bonds. The van der Waals surface area contributed by atoms with Crippen molar-refractivity contribution in [1.29, 1.82) is 5.26 Å². The minimum absolute atomic E-state index is 0.316. The van der Waals surface area contributed by atoms with Crippen molar-refractivity contribution < 1.29 is 9.59 Å². The summed E-state index contributed by atoms with van der Waals surface area (Å²) in [6.45, 7) is 0.478. The van der Waals surface area contributed by atoms with Gasteiger partial charge in [0, 0.05) is 23.5 Å². The van der Waals surface area contributed by atoms with Crippen LogP contribution in [0.4, 0.5) is 5.69 Å². The minimum Gasteiger partial charge on any atom is -0.341 e. The van der Waals surface area contributed by atoms with Gasteiger partial charge in [0.2, 0.25) is 11.7 Å². The Hall–Kier alpha value is -3.36. The van der Waals surface area contributed by atoms with Crippen LogP contribution in [-0.2, 0) is 11.3 Å². The second-order valence-corrected chi connectivity index (χ2v) is 6.37. The quantitative estimate of drug-likeness (QED) is 0.518. The number of hydrogen-bond donors (Lipinski definition) is 1. The number of nitriles is 1. The van der Waals surface area contributed by atoms with E-state index in [1.807, 2.05) is 36.4 Å². The van der Waals surface area contributed by atoms with Crippen molar-refractivity contribution in [2.75, 3.05) is 5.32 Å². The first kappa shape index (κ1) is 18.4. The molecule has 3 rings (SSSR count). The van der Waals surface area contributed by atoms with Crippen LogP contribution in [0, 0.1) is 17.2 Å². The van der Waals surface area contributed by atoms with Crippen molar-refractivity contribution in [2.24, 2.45) is 5.92 Å². The number of anilines is 1. The van der Waals surface area contributed by atoms with Crippen molar-refractivity contribution in [3.8, 4) is 6.07 Å². The van der Waals surface area contributed by atoms with E-state index in [1.165, 1.54) is 0 Å². The molecule has 1 unspecified atom stereocenters. The van der Waals surface area contributed by atoms with Crippen LogP contribution in [0.2, 0.25) is 5.02 Å². The fourth-order valence-corrected chi connectivity index (χ4v) is 2.81. The van der Waals surface area contributed by atoms with Crippen LogP contribution in [-0.4, -0.2) is 16.3 Å². The molecule has 0 saturated heterocycles. The van der Waals surface area contributed by atoms with Gasteiger partial charge in [0.25, 0.3) is 0 Å². The Morgan fingerprint density at radius 2 is 1.74 bits per heavy atom. The molecular formula is C21H16ClN3O2. The average molecular weight is 378 g/mol. The van der Waals surface area contributed by atoms with E-state index in [1.54, 1.807) is 47.2 Å². The van der Waals surface area contributed by atoms with E-state index in [4.69, 9.17) is 11.6 Å². The molecule has 134 valence electrons. The second-order valence-electron chi connectivity index (χ2n) is 5.93. The maximum Gasteiger partial charge on any atom is 0.249 e. The Morgan fingerprint density at radius 3 is 2.41 bits per heavy atom. The summed E-state index contributed by atoms with van der Waals surface area (Å²) in [7, 11) is 0. The number of aromatic nitrogens is 1. The van der Waals surface area contributed by atoms with E-state index < -0.39 is 17.6 Å². The molecule has 1 aromatic heterocycles. The molecule has 1 heterocycles. The van der Waals surface area contributed by atoms with Crippen LogP contribution < -0.4 is 5.32 Å². The third kappa shape index (κ3) is 4.43. The summed E-state index contributed by atoms with van der Waals surface area (Å²) in [5.74, 6) is -2.65. The van der Waals surface area contributed by atoms with Crippen molar-refractivity contribution in [3.05, 3.63) is 89.2 Å². The molecule has 0 aliphatic carbocycles. The standard InChI is InChI=1S/C21H16ClN3O2/c22-16-8-10-17(11-9-16)24-21(27)18(13-23)20(26)19-7-4-12-25(19)14-15-5-2-1-3-6-15/h1-12,18H,14H2,(H,24,27). The normalized spacial score (nSPS) is 11.4. The Kier molecular flexibility index (Phi) is 5.70. The first-order valence-corrected chi connectivity index (χ1v) is 8.65. The van der Waals surface area contributed by atoms with Crippen LogP contribution >= 0.6 is 11.6 Å². The van der Waals surface area contributed by atoms with Gasteiger partial charge in [-0.3, -0.25) is 9.59 Å². The Morgan fingerprint density at radius 1 is 1.04 bits per heavy atom. The summed E-state index contributed by atoms with van der Waals surface area (Å²) in [6, 6.07) is 21.2. The van der Waals surface area contributed by atoms with Crippen LogP contribution in [0.5, 0.6) is 0 Å². The number of amides is 1. The van der Waals surface area contributed by atoms with Crippen molar-refractivity contribution in [3.63, 3.8) is 0 Å². The number of nitrogens with one attached hydrogen (secondary N) is 1. The molecule has 3 aromatic rings. The highest BCUT2D eigenvalue weighted by Crippen LogP contribution is 2.17. The summed E-state index contributed by atoms with van der Waals surface area (Å²) < 4.78 is 1.73. The van der Waals surface area contributed by atoms with Gasteiger partial charge in [-0.1, -0.05) is 41.9 Å². The van der Waals surface area contributed by atoms with E-state index in [2.05, 4.69) is 5.32 Å². The molecule has 2 aromatic carbocycles. The number of hydrogen-bond acceptors (Lipinski definition) is 3. The predicted octanol–water partition coefficient (Wildman–Crippen LogP) is 4.15. The highest BCUT2D eigenvalue weighted by Gasteiger charge is 2.29. The highest BCUT2D eigenvalue weighted by atomic mass is 35.5. The van der Waals surface area contributed by atoms with E-state index in [0.717, 1.165) is 5.56 Å². The van der Waals surface area contributed by atoms with Crippen LogP contribution in [0.3, 0.4) is 0 Å². The molecule has 0 spiro atoms. The number of ketones is 1. The molecule has 0 bridgehead atoms.